The Kier molecular flexibility index (Phi) is 4.03. The van der Waals surface area contributed by atoms with Crippen LogP contribution in [0.4, 0.5) is 0 Å². The summed E-state index contributed by atoms with van der Waals surface area (Å²) < 4.78 is 0. The first-order valence-corrected chi connectivity index (χ1v) is 4.99. The van der Waals surface area contributed by atoms with Crippen LogP contribution in [0.25, 0.3) is 0 Å². The number of nitrogens with zero attached hydrogens (tertiary/aromatic N) is 2. The number of likely N-dealkylation sites (N-methyl/N-ethyl adjacent to an activating group) is 1. The first-order chi connectivity index (χ1) is 7.52. The van der Waals surface area contributed by atoms with Gasteiger partial charge >= 0.3 is 0 Å². The highest BCUT2D eigenvalue weighted by Crippen LogP contribution is 2.12. The minimum atomic E-state index is -0.339. The SMILES string of the molecule is Cc1cc(C#N)ccc1CN(C)CC(N)=O. The standard InChI is InChI=1S/C12H15N3O/c1-9-5-10(6-13)3-4-11(9)7-15(2)8-12(14)16/h3-5H,7-8H2,1-2H3,(H2,14,16). The van der Waals surface area contributed by atoms with Crippen molar-refractivity contribution in [3.05, 3.63) is 34.9 Å². The highest BCUT2D eigenvalue weighted by Gasteiger charge is 2.06. The summed E-state index contributed by atoms with van der Waals surface area (Å²) in [6.45, 7) is 2.84. The predicted molar refractivity (Wildman–Crippen MR) is 61.4 cm³/mol. The smallest absolute Gasteiger partial charge is 0.231 e. The van der Waals surface area contributed by atoms with E-state index in [2.05, 4.69) is 6.07 Å². The van der Waals surface area contributed by atoms with Crippen LogP contribution in [-0.4, -0.2) is 24.4 Å². The molecule has 4 nitrogen and oxygen atoms in total. The van der Waals surface area contributed by atoms with Crippen LogP contribution >= 0.6 is 0 Å². The maximum absolute atomic E-state index is 10.7. The Bertz CT molecular complexity index is 434. The van der Waals surface area contributed by atoms with Crippen LogP contribution in [-0.2, 0) is 11.3 Å². The molecular formula is C12H15N3O. The first kappa shape index (κ1) is 12.2. The van der Waals surface area contributed by atoms with Crippen molar-refractivity contribution in [3.8, 4) is 6.07 Å². The molecule has 0 unspecified atom stereocenters. The number of aryl methyl sites for hydroxylation is 1. The van der Waals surface area contributed by atoms with Crippen molar-refractivity contribution in [1.29, 1.82) is 5.26 Å². The van der Waals surface area contributed by atoms with Crippen molar-refractivity contribution in [3.63, 3.8) is 0 Å². The van der Waals surface area contributed by atoms with Gasteiger partial charge in [-0.1, -0.05) is 6.07 Å². The second-order valence-electron chi connectivity index (χ2n) is 3.89. The van der Waals surface area contributed by atoms with E-state index in [9.17, 15) is 4.79 Å². The van der Waals surface area contributed by atoms with Gasteiger partial charge in [0.2, 0.25) is 5.91 Å². The van der Waals surface area contributed by atoms with Gasteiger partial charge in [-0.05, 0) is 37.2 Å². The Balaban J connectivity index is 2.75. The van der Waals surface area contributed by atoms with Gasteiger partial charge in [-0.3, -0.25) is 9.69 Å². The number of benzene rings is 1. The summed E-state index contributed by atoms with van der Waals surface area (Å²) in [5.41, 5.74) is 7.91. The van der Waals surface area contributed by atoms with E-state index in [1.54, 1.807) is 6.07 Å². The van der Waals surface area contributed by atoms with Gasteiger partial charge in [0.05, 0.1) is 18.2 Å². The van der Waals surface area contributed by atoms with Crippen LogP contribution in [0, 0.1) is 18.3 Å². The number of rotatable bonds is 4. The molecule has 0 saturated carbocycles. The van der Waals surface area contributed by atoms with Gasteiger partial charge in [0.15, 0.2) is 0 Å². The van der Waals surface area contributed by atoms with Crippen LogP contribution in [0.1, 0.15) is 16.7 Å². The molecule has 0 aliphatic heterocycles. The molecular weight excluding hydrogens is 202 g/mol. The van der Waals surface area contributed by atoms with E-state index >= 15 is 0 Å². The molecule has 0 aliphatic rings. The van der Waals surface area contributed by atoms with Crippen LogP contribution in [0.15, 0.2) is 18.2 Å². The average molecular weight is 217 g/mol. The lowest BCUT2D eigenvalue weighted by Gasteiger charge is -2.16. The summed E-state index contributed by atoms with van der Waals surface area (Å²) in [4.78, 5) is 12.6. The summed E-state index contributed by atoms with van der Waals surface area (Å²) in [7, 11) is 1.84. The van der Waals surface area contributed by atoms with Gasteiger partial charge in [-0.2, -0.15) is 5.26 Å². The van der Waals surface area contributed by atoms with E-state index < -0.39 is 0 Å². The van der Waals surface area contributed by atoms with E-state index in [4.69, 9.17) is 11.0 Å². The molecule has 0 heterocycles. The van der Waals surface area contributed by atoms with Crippen molar-refractivity contribution in [2.75, 3.05) is 13.6 Å². The minimum Gasteiger partial charge on any atom is -0.369 e. The number of hydrogen-bond acceptors (Lipinski definition) is 3. The molecule has 0 aromatic heterocycles. The molecule has 1 amide bonds. The molecule has 4 heteroatoms. The molecule has 0 spiro atoms. The van der Waals surface area contributed by atoms with Crippen molar-refractivity contribution in [2.45, 2.75) is 13.5 Å². The molecule has 84 valence electrons. The topological polar surface area (TPSA) is 70.1 Å². The van der Waals surface area contributed by atoms with E-state index in [-0.39, 0.29) is 12.5 Å². The number of hydrogen-bond donors (Lipinski definition) is 1. The fourth-order valence-electron chi connectivity index (χ4n) is 1.56. The summed E-state index contributed by atoms with van der Waals surface area (Å²) in [5, 5.41) is 8.73. The van der Waals surface area contributed by atoms with Gasteiger partial charge in [0, 0.05) is 6.54 Å². The number of nitriles is 1. The van der Waals surface area contributed by atoms with Crippen LogP contribution in [0.5, 0.6) is 0 Å². The monoisotopic (exact) mass is 217 g/mol. The molecule has 0 saturated heterocycles. The molecule has 0 fully saturated rings. The molecule has 16 heavy (non-hydrogen) atoms. The Labute approximate surface area is 95.3 Å². The lowest BCUT2D eigenvalue weighted by Crippen LogP contribution is -2.30. The second-order valence-corrected chi connectivity index (χ2v) is 3.89. The van der Waals surface area contributed by atoms with Crippen molar-refractivity contribution < 1.29 is 4.79 Å². The van der Waals surface area contributed by atoms with Gasteiger partial charge < -0.3 is 5.73 Å². The molecule has 1 aromatic rings. The van der Waals surface area contributed by atoms with Crippen LogP contribution < -0.4 is 5.73 Å². The van der Waals surface area contributed by atoms with Gasteiger partial charge in [0.25, 0.3) is 0 Å². The fraction of sp³-hybridized carbons (Fsp3) is 0.333. The lowest BCUT2D eigenvalue weighted by molar-refractivity contribution is -0.118. The molecule has 0 atom stereocenters. The summed E-state index contributed by atoms with van der Waals surface area (Å²) in [5.74, 6) is -0.339. The largest absolute Gasteiger partial charge is 0.369 e. The average Bonchev–Trinajstić information content (AvgIpc) is 2.19. The molecule has 0 radical (unpaired) electrons. The van der Waals surface area contributed by atoms with Gasteiger partial charge in [-0.25, -0.2) is 0 Å². The summed E-state index contributed by atoms with van der Waals surface area (Å²) >= 11 is 0. The summed E-state index contributed by atoms with van der Waals surface area (Å²) in [6.07, 6.45) is 0. The Morgan fingerprint density at radius 3 is 2.75 bits per heavy atom. The maximum Gasteiger partial charge on any atom is 0.231 e. The lowest BCUT2D eigenvalue weighted by atomic mass is 10.1. The Hall–Kier alpha value is -1.86. The van der Waals surface area contributed by atoms with Crippen molar-refractivity contribution >= 4 is 5.91 Å². The third kappa shape index (κ3) is 3.37. The highest BCUT2D eigenvalue weighted by atomic mass is 16.1. The number of primary amides is 1. The van der Waals surface area contributed by atoms with Crippen molar-refractivity contribution in [1.82, 2.24) is 4.90 Å². The predicted octanol–water partition coefficient (Wildman–Crippen LogP) is 0.784. The highest BCUT2D eigenvalue weighted by molar-refractivity contribution is 5.75. The number of nitrogens with two attached hydrogens (primary N) is 1. The molecule has 0 bridgehead atoms. The third-order valence-corrected chi connectivity index (χ3v) is 2.34. The minimum absolute atomic E-state index is 0.236. The quantitative estimate of drug-likeness (QED) is 0.810. The molecule has 2 N–H and O–H groups in total. The zero-order valence-corrected chi connectivity index (χ0v) is 9.53. The zero-order valence-electron chi connectivity index (χ0n) is 9.53. The number of carbonyl (C=O) groups is 1. The Morgan fingerprint density at radius 1 is 1.56 bits per heavy atom. The molecule has 0 aliphatic carbocycles. The summed E-state index contributed by atoms with van der Waals surface area (Å²) in [6, 6.07) is 7.62. The molecule has 1 aromatic carbocycles. The second kappa shape index (κ2) is 5.29. The van der Waals surface area contributed by atoms with E-state index in [1.807, 2.05) is 31.0 Å². The fourth-order valence-corrected chi connectivity index (χ4v) is 1.56. The van der Waals surface area contributed by atoms with Crippen molar-refractivity contribution in [2.24, 2.45) is 5.73 Å². The van der Waals surface area contributed by atoms with Gasteiger partial charge in [0.1, 0.15) is 0 Å². The maximum atomic E-state index is 10.7. The van der Waals surface area contributed by atoms with E-state index in [0.29, 0.717) is 12.1 Å². The normalized spacial score (nSPS) is 10.1. The zero-order chi connectivity index (χ0) is 12.1. The van der Waals surface area contributed by atoms with Gasteiger partial charge in [-0.15, -0.1) is 0 Å². The third-order valence-electron chi connectivity index (χ3n) is 2.34. The first-order valence-electron chi connectivity index (χ1n) is 4.99. The van der Waals surface area contributed by atoms with E-state index in [0.717, 1.165) is 11.1 Å². The van der Waals surface area contributed by atoms with Crippen LogP contribution in [0.2, 0.25) is 0 Å². The number of carbonyl (C=O) groups excluding carboxylic acids is 1. The molecule has 1 rings (SSSR count). The Morgan fingerprint density at radius 2 is 2.25 bits per heavy atom. The van der Waals surface area contributed by atoms with E-state index in [1.165, 1.54) is 0 Å². The number of amides is 1. The van der Waals surface area contributed by atoms with Crippen LogP contribution in [0.3, 0.4) is 0 Å².